The molecule has 2 heterocycles. The lowest BCUT2D eigenvalue weighted by Crippen LogP contribution is -2.57. The maximum absolute atomic E-state index is 13.4. The van der Waals surface area contributed by atoms with Crippen LogP contribution in [0.1, 0.15) is 45.1 Å². The van der Waals surface area contributed by atoms with Crippen LogP contribution in [-0.2, 0) is 30.8 Å². The van der Waals surface area contributed by atoms with Gasteiger partial charge in [-0.15, -0.1) is 0 Å². The quantitative estimate of drug-likeness (QED) is 0.436. The summed E-state index contributed by atoms with van der Waals surface area (Å²) >= 11 is 0. The van der Waals surface area contributed by atoms with Gasteiger partial charge < -0.3 is 20.5 Å². The third-order valence-electron chi connectivity index (χ3n) is 6.37. The molecule has 0 unspecified atom stereocenters. The number of carboxylic acid groups (broad SMARTS) is 1. The Hall–Kier alpha value is -3.51. The van der Waals surface area contributed by atoms with E-state index in [2.05, 4.69) is 15.4 Å². The fraction of sp³-hybridized carbons (Fsp3) is 0.444. The lowest BCUT2D eigenvalue weighted by molar-refractivity contribution is -0.142. The van der Waals surface area contributed by atoms with E-state index in [4.69, 9.17) is 4.74 Å². The van der Waals surface area contributed by atoms with Crippen molar-refractivity contribution < 1.29 is 37.0 Å². The monoisotopic (exact) mass is 563 g/mol. The van der Waals surface area contributed by atoms with Gasteiger partial charge in [0, 0.05) is 0 Å². The van der Waals surface area contributed by atoms with Gasteiger partial charge in [0.15, 0.2) is 0 Å². The highest BCUT2D eigenvalue weighted by Gasteiger charge is 2.32. The lowest BCUT2D eigenvalue weighted by Gasteiger charge is -2.27. The summed E-state index contributed by atoms with van der Waals surface area (Å²) in [4.78, 5) is 38.0. The van der Waals surface area contributed by atoms with E-state index in [1.165, 1.54) is 0 Å². The molecule has 0 radical (unpaired) electrons. The summed E-state index contributed by atoms with van der Waals surface area (Å²) in [5.74, 6) is -3.09. The van der Waals surface area contributed by atoms with Crippen molar-refractivity contribution in [2.75, 3.05) is 6.61 Å². The molecule has 212 valence electrons. The van der Waals surface area contributed by atoms with Crippen LogP contribution < -0.4 is 20.1 Å². The molecule has 2 amide bonds. The molecule has 0 fully saturated rings. The molecule has 2 aromatic rings. The van der Waals surface area contributed by atoms with Crippen molar-refractivity contribution in [2.24, 2.45) is 5.92 Å². The summed E-state index contributed by atoms with van der Waals surface area (Å²) < 4.78 is 47.6. The van der Waals surface area contributed by atoms with Crippen LogP contribution in [-0.4, -0.2) is 56.0 Å². The van der Waals surface area contributed by atoms with E-state index < -0.39 is 57.7 Å². The van der Waals surface area contributed by atoms with Gasteiger partial charge in [-0.1, -0.05) is 32.4 Å². The van der Waals surface area contributed by atoms with Crippen LogP contribution in [0.15, 0.2) is 53.4 Å². The van der Waals surface area contributed by atoms with Crippen molar-refractivity contribution in [2.45, 2.75) is 69.0 Å². The van der Waals surface area contributed by atoms with Crippen LogP contribution in [0.25, 0.3) is 0 Å². The molecular weight excluding hydrogens is 529 g/mol. The van der Waals surface area contributed by atoms with Gasteiger partial charge in [0.05, 0.1) is 11.5 Å². The normalized spacial score (nSPS) is 21.8. The van der Waals surface area contributed by atoms with Crippen LogP contribution in [0, 0.1) is 11.7 Å². The molecule has 0 aliphatic carbocycles. The van der Waals surface area contributed by atoms with Crippen LogP contribution >= 0.6 is 0 Å². The van der Waals surface area contributed by atoms with Crippen molar-refractivity contribution in [1.29, 1.82) is 0 Å². The number of sulfonamides is 1. The number of benzene rings is 2. The Balaban J connectivity index is 1.93. The molecule has 0 saturated heterocycles. The highest BCUT2D eigenvalue weighted by atomic mass is 32.2. The van der Waals surface area contributed by atoms with Gasteiger partial charge in [-0.2, -0.15) is 4.72 Å². The largest absolute Gasteiger partial charge is 0.494 e. The Morgan fingerprint density at radius 1 is 1.00 bits per heavy atom. The summed E-state index contributed by atoms with van der Waals surface area (Å²) in [7, 11) is -4.24. The number of fused-ring (bicyclic) bond motifs is 15. The number of aliphatic carboxylic acids is 1. The standard InChI is InChI=1S/C27H34FN3O7S/c1-17(2)24-26(33)29-22(27(34)35)6-4-3-5-15-38-20-11-7-18(8-12-20)16-23(25(32)30-24)31-39(36,37)21-13-9-19(28)10-14-21/h7-14,17,22-24,31H,3-6,15-16H2,1-2H3,(H,29,33)(H,30,32)(H,34,35)/t22-,23-,24-/m0/s1. The molecule has 2 aliphatic heterocycles. The van der Waals surface area contributed by atoms with E-state index >= 15 is 0 Å². The summed E-state index contributed by atoms with van der Waals surface area (Å²) in [6, 6.07) is 7.42. The summed E-state index contributed by atoms with van der Waals surface area (Å²) in [5.41, 5.74) is 0.627. The van der Waals surface area contributed by atoms with E-state index in [0.717, 1.165) is 24.3 Å². The van der Waals surface area contributed by atoms with Gasteiger partial charge in [-0.25, -0.2) is 17.6 Å². The van der Waals surface area contributed by atoms with E-state index in [0.29, 0.717) is 37.2 Å². The summed E-state index contributed by atoms with van der Waals surface area (Å²) in [5, 5.41) is 14.7. The third-order valence-corrected chi connectivity index (χ3v) is 7.86. The number of amides is 2. The predicted octanol–water partition coefficient (Wildman–Crippen LogP) is 2.38. The number of hydrogen-bond acceptors (Lipinski definition) is 6. The van der Waals surface area contributed by atoms with Crippen molar-refractivity contribution in [3.63, 3.8) is 0 Å². The molecule has 2 aromatic carbocycles. The molecule has 2 bridgehead atoms. The minimum atomic E-state index is -4.24. The third kappa shape index (κ3) is 8.75. The Kier molecular flexibility index (Phi) is 10.4. The van der Waals surface area contributed by atoms with Crippen molar-refractivity contribution >= 4 is 27.8 Å². The highest BCUT2D eigenvalue weighted by molar-refractivity contribution is 7.89. The smallest absolute Gasteiger partial charge is 0.326 e. The number of halogens is 1. The molecule has 39 heavy (non-hydrogen) atoms. The Labute approximate surface area is 227 Å². The second kappa shape index (κ2) is 13.5. The molecule has 12 heteroatoms. The SMILES string of the molecule is CC(C)[C@@H]1NC(=O)[C@@H](NS(=O)(=O)c2ccc(F)cc2)Cc2ccc(cc2)OCCCCC[C@@H](C(=O)O)NC1=O. The first-order chi connectivity index (χ1) is 18.5. The molecule has 2 aliphatic rings. The molecule has 3 atom stereocenters. The second-order valence-electron chi connectivity index (χ2n) is 9.80. The number of carbonyl (C=O) groups is 3. The second-order valence-corrected chi connectivity index (χ2v) is 11.5. The van der Waals surface area contributed by atoms with E-state index in [1.807, 2.05) is 0 Å². The number of carboxylic acids is 1. The van der Waals surface area contributed by atoms with Gasteiger partial charge in [0.1, 0.15) is 29.7 Å². The molecular formula is C27H34FN3O7S. The average molecular weight is 564 g/mol. The first kappa shape index (κ1) is 30.0. The van der Waals surface area contributed by atoms with Crippen molar-refractivity contribution in [3.8, 4) is 5.75 Å². The minimum Gasteiger partial charge on any atom is -0.494 e. The first-order valence-corrected chi connectivity index (χ1v) is 14.3. The van der Waals surface area contributed by atoms with Crippen LogP contribution in [0.5, 0.6) is 5.75 Å². The summed E-state index contributed by atoms with van der Waals surface area (Å²) in [6.45, 7) is 3.78. The Morgan fingerprint density at radius 2 is 1.67 bits per heavy atom. The Bertz CT molecular complexity index is 1250. The predicted molar refractivity (Wildman–Crippen MR) is 141 cm³/mol. The van der Waals surface area contributed by atoms with Gasteiger partial charge in [-0.05, 0) is 73.6 Å². The van der Waals surface area contributed by atoms with Crippen molar-refractivity contribution in [1.82, 2.24) is 15.4 Å². The van der Waals surface area contributed by atoms with Gasteiger partial charge >= 0.3 is 5.97 Å². The van der Waals surface area contributed by atoms with Crippen LogP contribution in [0.4, 0.5) is 4.39 Å². The number of ether oxygens (including phenoxy) is 1. The molecule has 4 rings (SSSR count). The fourth-order valence-electron chi connectivity index (χ4n) is 4.14. The maximum atomic E-state index is 13.4. The topological polar surface area (TPSA) is 151 Å². The van der Waals surface area contributed by atoms with Gasteiger partial charge in [-0.3, -0.25) is 9.59 Å². The average Bonchev–Trinajstić information content (AvgIpc) is 2.88. The molecule has 0 saturated carbocycles. The van der Waals surface area contributed by atoms with Gasteiger partial charge in [0.2, 0.25) is 21.8 Å². The zero-order valence-electron chi connectivity index (χ0n) is 21.9. The number of carbonyl (C=O) groups excluding carboxylic acids is 2. The van der Waals surface area contributed by atoms with Crippen LogP contribution in [0.2, 0.25) is 0 Å². The van der Waals surface area contributed by atoms with Gasteiger partial charge in [0.25, 0.3) is 0 Å². The van der Waals surface area contributed by atoms with Crippen LogP contribution in [0.3, 0.4) is 0 Å². The van der Waals surface area contributed by atoms with E-state index in [1.54, 1.807) is 38.1 Å². The highest BCUT2D eigenvalue weighted by Crippen LogP contribution is 2.17. The number of rotatable bonds is 5. The molecule has 0 aromatic heterocycles. The fourth-order valence-corrected chi connectivity index (χ4v) is 5.33. The van der Waals surface area contributed by atoms with E-state index in [9.17, 15) is 32.3 Å². The first-order valence-electron chi connectivity index (χ1n) is 12.8. The lowest BCUT2D eigenvalue weighted by atomic mass is 10.00. The maximum Gasteiger partial charge on any atom is 0.326 e. The van der Waals surface area contributed by atoms with Crippen molar-refractivity contribution in [3.05, 3.63) is 59.9 Å². The number of hydrogen-bond donors (Lipinski definition) is 4. The summed E-state index contributed by atoms with van der Waals surface area (Å²) in [6.07, 6.45) is 2.09. The Morgan fingerprint density at radius 3 is 2.28 bits per heavy atom. The molecule has 4 N–H and O–H groups in total. The minimum absolute atomic E-state index is 0.0588. The zero-order valence-corrected chi connectivity index (χ0v) is 22.7. The zero-order chi connectivity index (χ0) is 28.6. The number of nitrogens with one attached hydrogen (secondary N) is 3. The van der Waals surface area contributed by atoms with E-state index in [-0.39, 0.29) is 17.7 Å². The molecule has 10 nitrogen and oxygen atoms in total. The molecule has 0 spiro atoms.